The van der Waals surface area contributed by atoms with E-state index in [1.165, 1.54) is 12.1 Å². The number of urea groups is 1. The average Bonchev–Trinajstić information content (AvgIpc) is 3.43. The molecule has 0 spiro atoms. The first-order valence-electron chi connectivity index (χ1n) is 13.3. The second-order valence-electron chi connectivity index (χ2n) is 9.97. The first kappa shape index (κ1) is 27.9. The number of rotatable bonds is 8. The molecular formula is C32H32N4O4S. The van der Waals surface area contributed by atoms with Gasteiger partial charge in [0.15, 0.2) is 0 Å². The van der Waals surface area contributed by atoms with Crippen molar-refractivity contribution in [2.45, 2.75) is 37.8 Å². The van der Waals surface area contributed by atoms with Gasteiger partial charge in [-0.25, -0.2) is 17.9 Å². The molecule has 1 aliphatic rings. The molecule has 2 amide bonds. The predicted octanol–water partition coefficient (Wildman–Crippen LogP) is 5.86. The van der Waals surface area contributed by atoms with Gasteiger partial charge in [-0.1, -0.05) is 60.2 Å². The summed E-state index contributed by atoms with van der Waals surface area (Å²) in [6.07, 6.45) is 0.680. The molecule has 4 aromatic carbocycles. The van der Waals surface area contributed by atoms with Gasteiger partial charge in [0, 0.05) is 18.5 Å². The van der Waals surface area contributed by atoms with Gasteiger partial charge in [-0.15, -0.1) is 0 Å². The molecule has 2 N–H and O–H groups in total. The van der Waals surface area contributed by atoms with Crippen molar-refractivity contribution < 1.29 is 17.9 Å². The summed E-state index contributed by atoms with van der Waals surface area (Å²) in [5.41, 5.74) is 7.01. The van der Waals surface area contributed by atoms with E-state index in [2.05, 4.69) is 42.1 Å². The lowest BCUT2D eigenvalue weighted by Gasteiger charge is -2.24. The van der Waals surface area contributed by atoms with Crippen LogP contribution in [0.2, 0.25) is 0 Å². The van der Waals surface area contributed by atoms with Crippen LogP contribution in [0.4, 0.5) is 10.5 Å². The summed E-state index contributed by atoms with van der Waals surface area (Å²) in [6, 6.07) is 29.0. The lowest BCUT2D eigenvalue weighted by Crippen LogP contribution is -2.39. The number of sulfonamides is 1. The molecule has 1 atom stereocenters. The summed E-state index contributed by atoms with van der Waals surface area (Å²) in [6.45, 7) is 4.35. The maximum absolute atomic E-state index is 12.9. The maximum atomic E-state index is 12.9. The summed E-state index contributed by atoms with van der Waals surface area (Å²) < 4.78 is 33.3. The fourth-order valence-electron chi connectivity index (χ4n) is 4.82. The number of anilines is 1. The molecule has 1 unspecified atom stereocenters. The highest BCUT2D eigenvalue weighted by molar-refractivity contribution is 7.90. The Hall–Kier alpha value is -4.63. The van der Waals surface area contributed by atoms with Crippen molar-refractivity contribution >= 4 is 27.5 Å². The van der Waals surface area contributed by atoms with E-state index in [9.17, 15) is 13.2 Å². The van der Waals surface area contributed by atoms with E-state index in [0.717, 1.165) is 45.0 Å². The Morgan fingerprint density at radius 2 is 1.66 bits per heavy atom. The molecule has 210 valence electrons. The number of benzene rings is 4. The van der Waals surface area contributed by atoms with Gasteiger partial charge in [0.05, 0.1) is 29.4 Å². The molecule has 41 heavy (non-hydrogen) atoms. The number of methoxy groups -OCH3 is 1. The summed E-state index contributed by atoms with van der Waals surface area (Å²) in [5.74, 6) is 0.767. The Labute approximate surface area is 240 Å². The Morgan fingerprint density at radius 1 is 0.951 bits per heavy atom. The average molecular weight is 569 g/mol. The largest absolute Gasteiger partial charge is 0.497 e. The number of nitrogens with one attached hydrogen (secondary N) is 2. The Bertz CT molecular complexity index is 1670. The zero-order chi connectivity index (χ0) is 29.0. The number of hydrogen-bond acceptors (Lipinski definition) is 6. The molecule has 0 aromatic heterocycles. The van der Waals surface area contributed by atoms with Crippen molar-refractivity contribution in [1.29, 1.82) is 0 Å². The highest BCUT2D eigenvalue weighted by Crippen LogP contribution is 2.38. The summed E-state index contributed by atoms with van der Waals surface area (Å²) in [5, 5.41) is 9.52. The molecule has 0 radical (unpaired) electrons. The highest BCUT2D eigenvalue weighted by Gasteiger charge is 2.31. The third-order valence-corrected chi connectivity index (χ3v) is 8.40. The summed E-state index contributed by atoms with van der Waals surface area (Å²) in [7, 11) is -2.44. The second-order valence-corrected chi connectivity index (χ2v) is 11.7. The highest BCUT2D eigenvalue weighted by atomic mass is 32.2. The smallest absolute Gasteiger partial charge is 0.328 e. The molecule has 0 aliphatic carbocycles. The standard InChI is InChI=1S/C32H32N4O4S/c1-22-9-10-23(2)29(19-22)30-20-31(25-11-15-27(40-3)16-12-25)36(34-30)26-13-17-28(18-14-26)41(38,39)35-32(37)33-21-24-7-5-4-6-8-24/h4-19,31H,20-21H2,1-3H3,(H2,33,35,37). The lowest BCUT2D eigenvalue weighted by atomic mass is 9.95. The number of ether oxygens (including phenoxy) is 1. The third kappa shape index (κ3) is 6.41. The van der Waals surface area contributed by atoms with Gasteiger partial charge < -0.3 is 10.1 Å². The third-order valence-electron chi connectivity index (χ3n) is 7.05. The molecule has 1 heterocycles. The number of hydrogen-bond donors (Lipinski definition) is 2. The lowest BCUT2D eigenvalue weighted by molar-refractivity contribution is 0.245. The molecule has 0 saturated heterocycles. The Morgan fingerprint density at radius 3 is 2.34 bits per heavy atom. The predicted molar refractivity (Wildman–Crippen MR) is 161 cm³/mol. The molecule has 0 saturated carbocycles. The molecule has 9 heteroatoms. The Kier molecular flexibility index (Phi) is 8.07. The van der Waals surface area contributed by atoms with Crippen molar-refractivity contribution in [1.82, 2.24) is 10.0 Å². The van der Waals surface area contributed by atoms with E-state index in [1.807, 2.05) is 59.6 Å². The van der Waals surface area contributed by atoms with Gasteiger partial charge in [0.2, 0.25) is 0 Å². The molecular weight excluding hydrogens is 536 g/mol. The number of amides is 2. The second kappa shape index (κ2) is 11.9. The van der Waals surface area contributed by atoms with Crippen LogP contribution in [-0.2, 0) is 16.6 Å². The van der Waals surface area contributed by atoms with Crippen LogP contribution >= 0.6 is 0 Å². The van der Waals surface area contributed by atoms with Crippen LogP contribution in [0.25, 0.3) is 0 Å². The van der Waals surface area contributed by atoms with E-state index in [4.69, 9.17) is 9.84 Å². The van der Waals surface area contributed by atoms with E-state index in [0.29, 0.717) is 6.42 Å². The van der Waals surface area contributed by atoms with Crippen molar-refractivity contribution in [3.8, 4) is 5.75 Å². The van der Waals surface area contributed by atoms with E-state index < -0.39 is 16.1 Å². The van der Waals surface area contributed by atoms with Gasteiger partial charge in [-0.2, -0.15) is 5.10 Å². The number of aryl methyl sites for hydroxylation is 2. The van der Waals surface area contributed by atoms with Crippen LogP contribution in [0.3, 0.4) is 0 Å². The van der Waals surface area contributed by atoms with Gasteiger partial charge in [0.25, 0.3) is 10.0 Å². The fraction of sp³-hybridized carbons (Fsp3) is 0.188. The zero-order valence-corrected chi connectivity index (χ0v) is 24.0. The molecule has 5 rings (SSSR count). The molecule has 8 nitrogen and oxygen atoms in total. The maximum Gasteiger partial charge on any atom is 0.328 e. The van der Waals surface area contributed by atoms with Crippen LogP contribution < -0.4 is 19.8 Å². The molecule has 0 bridgehead atoms. The topological polar surface area (TPSA) is 100 Å². The van der Waals surface area contributed by atoms with E-state index >= 15 is 0 Å². The minimum atomic E-state index is -4.07. The van der Waals surface area contributed by atoms with Crippen molar-refractivity contribution in [2.24, 2.45) is 5.10 Å². The quantitative estimate of drug-likeness (QED) is 0.278. The van der Waals surface area contributed by atoms with Gasteiger partial charge in [0.1, 0.15) is 5.75 Å². The van der Waals surface area contributed by atoms with Crippen molar-refractivity contribution in [3.05, 3.63) is 125 Å². The minimum absolute atomic E-state index is 0.0185. The van der Waals surface area contributed by atoms with Crippen LogP contribution in [0.1, 0.15) is 40.3 Å². The number of nitrogens with zero attached hydrogens (tertiary/aromatic N) is 2. The SMILES string of the molecule is COc1ccc(C2CC(c3cc(C)ccc3C)=NN2c2ccc(S(=O)(=O)NC(=O)NCc3ccccc3)cc2)cc1. The van der Waals surface area contributed by atoms with Crippen molar-refractivity contribution in [2.75, 3.05) is 12.1 Å². The van der Waals surface area contributed by atoms with Crippen LogP contribution in [-0.4, -0.2) is 27.3 Å². The first-order chi connectivity index (χ1) is 19.7. The number of carbonyl (C=O) groups is 1. The van der Waals surface area contributed by atoms with E-state index in [-0.39, 0.29) is 17.5 Å². The first-order valence-corrected chi connectivity index (χ1v) is 14.7. The number of hydrazone groups is 1. The van der Waals surface area contributed by atoms with Crippen LogP contribution in [0, 0.1) is 13.8 Å². The molecule has 1 aliphatic heterocycles. The van der Waals surface area contributed by atoms with Crippen LogP contribution in [0.5, 0.6) is 5.75 Å². The summed E-state index contributed by atoms with van der Waals surface area (Å²) in [4.78, 5) is 12.3. The van der Waals surface area contributed by atoms with Crippen LogP contribution in [0.15, 0.2) is 107 Å². The van der Waals surface area contributed by atoms with E-state index in [1.54, 1.807) is 19.2 Å². The van der Waals surface area contributed by atoms with Gasteiger partial charge in [-0.3, -0.25) is 5.01 Å². The van der Waals surface area contributed by atoms with Gasteiger partial charge in [-0.05, 0) is 73.0 Å². The number of carbonyl (C=O) groups excluding carboxylic acids is 1. The Balaban J connectivity index is 1.38. The van der Waals surface area contributed by atoms with Gasteiger partial charge >= 0.3 is 6.03 Å². The normalized spacial score (nSPS) is 14.9. The minimum Gasteiger partial charge on any atom is -0.497 e. The monoisotopic (exact) mass is 568 g/mol. The molecule has 4 aromatic rings. The molecule has 0 fully saturated rings. The summed E-state index contributed by atoms with van der Waals surface area (Å²) >= 11 is 0. The zero-order valence-electron chi connectivity index (χ0n) is 23.2. The van der Waals surface area contributed by atoms with Crippen molar-refractivity contribution in [3.63, 3.8) is 0 Å². The fourth-order valence-corrected chi connectivity index (χ4v) is 5.75.